The molecule has 12 aromatic rings. The average Bonchev–Trinajstić information content (AvgIpc) is 4.03. The smallest absolute Gasteiger partial charge is 0.137 e. The van der Waals surface area contributed by atoms with E-state index in [4.69, 9.17) is 16.8 Å². The molecule has 0 saturated heterocycles. The topological polar surface area (TPSA) is 23.0 Å². The van der Waals surface area contributed by atoms with Crippen molar-refractivity contribution < 1.29 is 22.2 Å². The molecule has 0 fully saturated rings. The van der Waals surface area contributed by atoms with Crippen molar-refractivity contribution in [1.82, 2.24) is 9.13 Å². The molecule has 3 nitrogen and oxygen atoms in total. The van der Waals surface area contributed by atoms with E-state index in [1.807, 2.05) is 60.7 Å². The number of aromatic nitrogens is 2. The van der Waals surface area contributed by atoms with Crippen molar-refractivity contribution in [2.75, 3.05) is 0 Å². The molecule has 57 heavy (non-hydrogen) atoms. The van der Waals surface area contributed by atoms with E-state index in [-0.39, 0.29) is 33.7 Å². The van der Waals surface area contributed by atoms with E-state index in [9.17, 15) is 5.48 Å². The first-order valence-corrected chi connectivity index (χ1v) is 18.4. The zero-order chi connectivity index (χ0) is 48.8. The summed E-state index contributed by atoms with van der Waals surface area (Å²) in [4.78, 5) is 0. The zero-order valence-corrected chi connectivity index (χ0v) is 29.9. The summed E-state index contributed by atoms with van der Waals surface area (Å²) in [6.45, 7) is 0. The highest BCUT2D eigenvalue weighted by Crippen LogP contribution is 2.42. The second kappa shape index (κ2) is 12.5. The summed E-state index contributed by atoms with van der Waals surface area (Å²) in [5.41, 5.74) is 6.46. The van der Waals surface area contributed by atoms with Crippen LogP contribution in [0, 0.1) is 0 Å². The van der Waals surface area contributed by atoms with Crippen LogP contribution in [-0.2, 0) is 0 Å². The van der Waals surface area contributed by atoms with Crippen LogP contribution in [0.2, 0.25) is 0 Å². The van der Waals surface area contributed by atoms with E-state index >= 15 is 0 Å². The van der Waals surface area contributed by atoms with Gasteiger partial charge in [-0.2, -0.15) is 0 Å². The third-order valence-electron chi connectivity index (χ3n) is 10.8. The van der Waals surface area contributed by atoms with E-state index in [2.05, 4.69) is 47.0 Å². The standard InChI is InChI=1S/C54H34N2O/c1-3-13-35(14-4-1)37-17-11-18-41(31-37)55-47-21-9-7-19-42(47)45-32-38(26-29-49(45)55)39-27-30-50-46(33-39)43-20-8-10-22-48(43)56(50)51-23-12-24-52-54(51)44-28-25-40(34-53(44)57-52)36-15-5-2-6-16-36/h1-34H/i2D,5D,6D,7D,8D,12D,15D,16D,23D,24D,25D,28D,34D. The quantitative estimate of drug-likeness (QED) is 0.172. The molecule has 0 radical (unpaired) electrons. The van der Waals surface area contributed by atoms with Crippen LogP contribution in [0.5, 0.6) is 0 Å². The molecule has 0 aliphatic heterocycles. The Hall–Kier alpha value is -7.62. The maximum atomic E-state index is 9.45. The van der Waals surface area contributed by atoms with Gasteiger partial charge in [0.1, 0.15) is 11.2 Å². The molecule has 0 N–H and O–H groups in total. The molecule has 12 rings (SSSR count). The van der Waals surface area contributed by atoms with Gasteiger partial charge in [-0.25, -0.2) is 0 Å². The Morgan fingerprint density at radius 3 is 1.79 bits per heavy atom. The SMILES string of the molecule is [2H]c1ccc2c(c1)c1cc(-c3ccc4c(c3)c3cc([2H])ccc3n4-c3c([2H])c([2H])c([2H])c4oc5c([2H])c(-c6c([2H])c([2H])c([2H])c([2H])c6[2H])c([2H])c([2H])c5c34)ccc1n2-c1cccc(-c2ccccc2)c1. The third kappa shape index (κ3) is 4.92. The predicted molar refractivity (Wildman–Crippen MR) is 239 cm³/mol. The zero-order valence-electron chi connectivity index (χ0n) is 42.9. The monoisotopic (exact) mass is 739 g/mol. The fraction of sp³-hybridized carbons (Fsp3) is 0. The maximum Gasteiger partial charge on any atom is 0.137 e. The molecule has 0 bridgehead atoms. The Morgan fingerprint density at radius 2 is 1.04 bits per heavy atom. The first-order valence-electron chi connectivity index (χ1n) is 24.9. The van der Waals surface area contributed by atoms with Crippen LogP contribution >= 0.6 is 0 Å². The summed E-state index contributed by atoms with van der Waals surface area (Å²) in [5.74, 6) is 0. The number of para-hydroxylation sites is 2. The Kier molecular flexibility index (Phi) is 4.69. The van der Waals surface area contributed by atoms with Gasteiger partial charge in [-0.05, 0) is 106 Å². The van der Waals surface area contributed by atoms with Crippen LogP contribution in [0.15, 0.2) is 210 Å². The largest absolute Gasteiger partial charge is 0.456 e. The summed E-state index contributed by atoms with van der Waals surface area (Å²) >= 11 is 0. The second-order valence-electron chi connectivity index (χ2n) is 13.9. The minimum atomic E-state index is -0.679. The van der Waals surface area contributed by atoms with Crippen LogP contribution in [0.1, 0.15) is 17.8 Å². The molecule has 9 aromatic carbocycles. The van der Waals surface area contributed by atoms with Gasteiger partial charge in [0, 0.05) is 32.6 Å². The van der Waals surface area contributed by atoms with Crippen molar-refractivity contribution in [2.45, 2.75) is 0 Å². The van der Waals surface area contributed by atoms with Crippen LogP contribution in [-0.4, -0.2) is 9.13 Å². The van der Waals surface area contributed by atoms with Gasteiger partial charge in [-0.1, -0.05) is 133 Å². The molecule has 3 heteroatoms. The second-order valence-corrected chi connectivity index (χ2v) is 13.9. The molecular formula is C54H34N2O. The highest BCUT2D eigenvalue weighted by molar-refractivity contribution is 6.16. The van der Waals surface area contributed by atoms with Crippen LogP contribution < -0.4 is 0 Å². The summed E-state index contributed by atoms with van der Waals surface area (Å²) in [6, 6.07) is 35.4. The molecule has 0 unspecified atom stereocenters. The van der Waals surface area contributed by atoms with Gasteiger partial charge < -0.3 is 13.6 Å². The van der Waals surface area contributed by atoms with Gasteiger partial charge in [0.2, 0.25) is 0 Å². The lowest BCUT2D eigenvalue weighted by Gasteiger charge is -2.11. The molecule has 266 valence electrons. The first kappa shape index (κ1) is 21.5. The molecule has 0 saturated carbocycles. The first-order chi connectivity index (χ1) is 33.6. The van der Waals surface area contributed by atoms with Gasteiger partial charge in [0.25, 0.3) is 0 Å². The fourth-order valence-electron chi connectivity index (χ4n) is 8.25. The Balaban J connectivity index is 1.08. The molecule has 0 spiro atoms. The molecule has 0 aliphatic carbocycles. The fourth-order valence-corrected chi connectivity index (χ4v) is 8.25. The minimum absolute atomic E-state index is 0.0170. The van der Waals surface area contributed by atoms with E-state index in [0.29, 0.717) is 27.8 Å². The molecule has 3 aromatic heterocycles. The molecule has 3 heterocycles. The van der Waals surface area contributed by atoms with E-state index in [1.165, 1.54) is 0 Å². The number of benzene rings is 9. The summed E-state index contributed by atoms with van der Waals surface area (Å²) < 4.78 is 125. The Labute approximate surface area is 347 Å². The van der Waals surface area contributed by atoms with Crippen molar-refractivity contribution >= 4 is 65.6 Å². The Morgan fingerprint density at radius 1 is 0.368 bits per heavy atom. The van der Waals surface area contributed by atoms with Crippen molar-refractivity contribution in [3.63, 3.8) is 0 Å². The predicted octanol–water partition coefficient (Wildman–Crippen LogP) is 14.8. The lowest BCUT2D eigenvalue weighted by molar-refractivity contribution is 0.669. The van der Waals surface area contributed by atoms with Gasteiger partial charge in [-0.3, -0.25) is 0 Å². The van der Waals surface area contributed by atoms with Crippen molar-refractivity contribution in [3.8, 4) is 44.8 Å². The third-order valence-corrected chi connectivity index (χ3v) is 10.8. The number of hydrogen-bond donors (Lipinski definition) is 0. The summed E-state index contributed by atoms with van der Waals surface area (Å²) in [7, 11) is 0. The summed E-state index contributed by atoms with van der Waals surface area (Å²) in [5, 5.41) is 3.08. The lowest BCUT2D eigenvalue weighted by atomic mass is 10.0. The highest BCUT2D eigenvalue weighted by Gasteiger charge is 2.19. The van der Waals surface area contributed by atoms with Gasteiger partial charge in [-0.15, -0.1) is 0 Å². The lowest BCUT2D eigenvalue weighted by Crippen LogP contribution is -1.94. The minimum Gasteiger partial charge on any atom is -0.456 e. The molecular weight excluding hydrogens is 693 g/mol. The average molecular weight is 740 g/mol. The Bertz CT molecular complexity index is 4260. The highest BCUT2D eigenvalue weighted by atomic mass is 16.3. The number of fused-ring (bicyclic) bond motifs is 9. The normalized spacial score (nSPS) is 15.1. The van der Waals surface area contributed by atoms with Crippen LogP contribution in [0.3, 0.4) is 0 Å². The van der Waals surface area contributed by atoms with Gasteiger partial charge >= 0.3 is 0 Å². The molecule has 0 amide bonds. The van der Waals surface area contributed by atoms with Gasteiger partial charge in [0.15, 0.2) is 0 Å². The number of furan rings is 1. The molecule has 0 aliphatic rings. The number of nitrogens with zero attached hydrogens (tertiary/aromatic N) is 2. The number of hydrogen-bond acceptors (Lipinski definition) is 1. The summed E-state index contributed by atoms with van der Waals surface area (Å²) in [6.07, 6.45) is 0. The van der Waals surface area contributed by atoms with Crippen molar-refractivity contribution in [3.05, 3.63) is 206 Å². The van der Waals surface area contributed by atoms with Crippen molar-refractivity contribution in [2.24, 2.45) is 0 Å². The maximum absolute atomic E-state index is 9.45. The van der Waals surface area contributed by atoms with Crippen LogP contribution in [0.25, 0.3) is 110 Å². The van der Waals surface area contributed by atoms with Crippen LogP contribution in [0.4, 0.5) is 0 Å². The van der Waals surface area contributed by atoms with Gasteiger partial charge in [0.05, 0.1) is 51.0 Å². The number of rotatable bonds is 5. The van der Waals surface area contributed by atoms with Crippen molar-refractivity contribution in [1.29, 1.82) is 0 Å². The molecule has 0 atom stereocenters. The van der Waals surface area contributed by atoms with E-state index in [0.717, 1.165) is 49.7 Å². The van der Waals surface area contributed by atoms with E-state index < -0.39 is 77.6 Å². The van der Waals surface area contributed by atoms with E-state index in [1.54, 1.807) is 28.8 Å².